The van der Waals surface area contributed by atoms with Crippen molar-refractivity contribution in [2.24, 2.45) is 5.92 Å². The van der Waals surface area contributed by atoms with Crippen molar-refractivity contribution in [3.8, 4) is 0 Å². The third-order valence-corrected chi connectivity index (χ3v) is 6.47. The lowest BCUT2D eigenvalue weighted by Gasteiger charge is -2.33. The molecule has 0 fully saturated rings. The Morgan fingerprint density at radius 1 is 1.28 bits per heavy atom. The Labute approximate surface area is 146 Å². The van der Waals surface area contributed by atoms with Crippen LogP contribution in [0.25, 0.3) is 0 Å². The Morgan fingerprint density at radius 2 is 2.08 bits per heavy atom. The van der Waals surface area contributed by atoms with Gasteiger partial charge in [-0.3, -0.25) is 4.79 Å². The van der Waals surface area contributed by atoms with E-state index in [0.29, 0.717) is 30.0 Å². The molecule has 1 aromatic heterocycles. The van der Waals surface area contributed by atoms with E-state index < -0.39 is 15.7 Å². The van der Waals surface area contributed by atoms with Crippen molar-refractivity contribution in [1.82, 2.24) is 4.57 Å². The van der Waals surface area contributed by atoms with Gasteiger partial charge in [-0.05, 0) is 30.0 Å². The number of aromatic nitrogens is 1. The molecule has 2 aliphatic rings. The fourth-order valence-corrected chi connectivity index (χ4v) is 5.15. The number of aryl methyl sites for hydroxylation is 1. The first-order chi connectivity index (χ1) is 11.9. The second-order valence-corrected chi connectivity index (χ2v) is 9.12. The van der Waals surface area contributed by atoms with E-state index in [9.17, 15) is 17.6 Å². The summed E-state index contributed by atoms with van der Waals surface area (Å²) in [5.74, 6) is -0.600. The quantitative estimate of drug-likeness (QED) is 0.783. The van der Waals surface area contributed by atoms with Crippen LogP contribution >= 0.6 is 0 Å². The van der Waals surface area contributed by atoms with E-state index in [1.54, 1.807) is 18.3 Å². The molecular formula is C18H19FN2O3S. The Bertz CT molecular complexity index is 965. The molecule has 0 spiro atoms. The van der Waals surface area contributed by atoms with Crippen LogP contribution in [0.1, 0.15) is 28.5 Å². The summed E-state index contributed by atoms with van der Waals surface area (Å²) in [5.41, 5.74) is 2.00. The molecule has 1 aromatic carbocycles. The van der Waals surface area contributed by atoms with Crippen LogP contribution in [-0.4, -0.2) is 31.2 Å². The van der Waals surface area contributed by atoms with E-state index in [2.05, 4.69) is 0 Å². The Hall–Kier alpha value is -2.15. The highest BCUT2D eigenvalue weighted by molar-refractivity contribution is 7.90. The number of para-hydroxylation sites is 1. The van der Waals surface area contributed by atoms with Crippen LogP contribution in [0.5, 0.6) is 0 Å². The van der Waals surface area contributed by atoms with Crippen molar-refractivity contribution in [2.75, 3.05) is 17.2 Å². The van der Waals surface area contributed by atoms with Gasteiger partial charge >= 0.3 is 0 Å². The number of carbonyl (C=O) groups is 1. The van der Waals surface area contributed by atoms with Crippen molar-refractivity contribution in [1.29, 1.82) is 0 Å². The molecule has 7 heteroatoms. The van der Waals surface area contributed by atoms with Crippen LogP contribution in [-0.2, 0) is 28.6 Å². The number of nitrogens with zero attached hydrogens (tertiary/aromatic N) is 2. The molecule has 132 valence electrons. The highest BCUT2D eigenvalue weighted by Gasteiger charge is 2.33. The molecular weight excluding hydrogens is 343 g/mol. The summed E-state index contributed by atoms with van der Waals surface area (Å²) in [6, 6.07) is 6.50. The smallest absolute Gasteiger partial charge is 0.260 e. The maximum absolute atomic E-state index is 14.4. The molecule has 5 nitrogen and oxygen atoms in total. The Balaban J connectivity index is 1.78. The second-order valence-electron chi connectivity index (χ2n) is 6.93. The van der Waals surface area contributed by atoms with Crippen LogP contribution in [0.2, 0.25) is 0 Å². The van der Waals surface area contributed by atoms with Gasteiger partial charge in [-0.2, -0.15) is 0 Å². The number of rotatable bonds is 1. The van der Waals surface area contributed by atoms with E-state index in [1.165, 1.54) is 11.0 Å². The average molecular weight is 362 g/mol. The molecule has 1 amide bonds. The third kappa shape index (κ3) is 2.76. The van der Waals surface area contributed by atoms with Crippen molar-refractivity contribution in [3.63, 3.8) is 0 Å². The van der Waals surface area contributed by atoms with E-state index >= 15 is 0 Å². The van der Waals surface area contributed by atoms with E-state index in [-0.39, 0.29) is 23.3 Å². The number of halogens is 1. The lowest BCUT2D eigenvalue weighted by Crippen LogP contribution is -2.40. The van der Waals surface area contributed by atoms with Crippen molar-refractivity contribution < 1.29 is 17.6 Å². The van der Waals surface area contributed by atoms with E-state index in [0.717, 1.165) is 12.0 Å². The Morgan fingerprint density at radius 3 is 2.88 bits per heavy atom. The van der Waals surface area contributed by atoms with Gasteiger partial charge in [0.1, 0.15) is 5.82 Å². The van der Waals surface area contributed by atoms with Gasteiger partial charge in [0.05, 0.1) is 22.8 Å². The number of carbonyl (C=O) groups excluding carboxylic acids is 1. The molecule has 2 aliphatic heterocycles. The molecule has 0 bridgehead atoms. The van der Waals surface area contributed by atoms with Crippen LogP contribution in [0, 0.1) is 11.7 Å². The molecule has 0 N–H and O–H groups in total. The maximum atomic E-state index is 14.4. The topological polar surface area (TPSA) is 59.4 Å². The van der Waals surface area contributed by atoms with Crippen LogP contribution in [0.4, 0.5) is 10.1 Å². The maximum Gasteiger partial charge on any atom is 0.260 e. The number of amides is 1. The van der Waals surface area contributed by atoms with Gasteiger partial charge in [0, 0.05) is 25.0 Å². The van der Waals surface area contributed by atoms with Crippen molar-refractivity contribution >= 4 is 21.4 Å². The van der Waals surface area contributed by atoms with Crippen LogP contribution in [0.3, 0.4) is 0 Å². The second kappa shape index (κ2) is 5.69. The van der Waals surface area contributed by atoms with Crippen molar-refractivity contribution in [3.05, 3.63) is 53.1 Å². The van der Waals surface area contributed by atoms with E-state index in [4.69, 9.17) is 0 Å². The number of hydrogen-bond acceptors (Lipinski definition) is 3. The molecule has 0 aliphatic carbocycles. The largest absolute Gasteiger partial charge is 0.349 e. The molecule has 1 atom stereocenters. The minimum absolute atomic E-state index is 0.0838. The predicted molar refractivity (Wildman–Crippen MR) is 92.9 cm³/mol. The zero-order valence-corrected chi connectivity index (χ0v) is 14.7. The summed E-state index contributed by atoms with van der Waals surface area (Å²) < 4.78 is 40.2. The summed E-state index contributed by atoms with van der Waals surface area (Å²) >= 11 is 0. The molecule has 1 unspecified atom stereocenters. The normalized spacial score (nSPS) is 21.5. The van der Waals surface area contributed by atoms with Crippen LogP contribution < -0.4 is 4.90 Å². The average Bonchev–Trinajstić information content (AvgIpc) is 2.95. The molecule has 0 saturated heterocycles. The molecule has 2 aromatic rings. The van der Waals surface area contributed by atoms with Gasteiger partial charge in [0.2, 0.25) is 0 Å². The van der Waals surface area contributed by atoms with E-state index in [1.807, 2.05) is 17.6 Å². The summed E-state index contributed by atoms with van der Waals surface area (Å²) in [5, 5.41) is 0. The van der Waals surface area contributed by atoms with Crippen LogP contribution in [0.15, 0.2) is 30.5 Å². The summed E-state index contributed by atoms with van der Waals surface area (Å²) in [4.78, 5) is 14.6. The molecule has 0 saturated carbocycles. The number of sulfone groups is 1. The lowest BCUT2D eigenvalue weighted by atomic mass is 9.93. The first kappa shape index (κ1) is 16.3. The van der Waals surface area contributed by atoms with Gasteiger partial charge in [-0.25, -0.2) is 12.8 Å². The summed E-state index contributed by atoms with van der Waals surface area (Å²) in [6.45, 7) is 2.80. The minimum Gasteiger partial charge on any atom is -0.349 e. The minimum atomic E-state index is -3.20. The standard InChI is InChI=1S/C18H19FN2O3S/c1-12-9-13-3-2-4-15(19)17(13)21(10-12)18(22)14-5-6-20-7-8-25(23,24)11-16(14)20/h2-6,12H,7-11H2,1H3. The summed E-state index contributed by atoms with van der Waals surface area (Å²) in [7, 11) is -3.20. The highest BCUT2D eigenvalue weighted by Crippen LogP contribution is 2.34. The first-order valence-corrected chi connectivity index (χ1v) is 10.2. The molecule has 25 heavy (non-hydrogen) atoms. The fraction of sp³-hybridized carbons (Fsp3) is 0.389. The van der Waals surface area contributed by atoms with Gasteiger partial charge in [0.25, 0.3) is 5.91 Å². The SMILES string of the molecule is CC1Cc2cccc(F)c2N(C(=O)c2ccn3c2CS(=O)(=O)CC3)C1. The third-order valence-electron chi connectivity index (χ3n) is 4.96. The highest BCUT2D eigenvalue weighted by atomic mass is 32.2. The number of benzene rings is 1. The van der Waals surface area contributed by atoms with Gasteiger partial charge in [0.15, 0.2) is 9.84 Å². The number of hydrogen-bond donors (Lipinski definition) is 0. The zero-order chi connectivity index (χ0) is 17.8. The van der Waals surface area contributed by atoms with Gasteiger partial charge < -0.3 is 9.47 Å². The zero-order valence-electron chi connectivity index (χ0n) is 13.9. The lowest BCUT2D eigenvalue weighted by molar-refractivity contribution is 0.0979. The Kier molecular flexibility index (Phi) is 3.72. The molecule has 4 rings (SSSR count). The van der Waals surface area contributed by atoms with Gasteiger partial charge in [-0.15, -0.1) is 0 Å². The monoisotopic (exact) mass is 362 g/mol. The van der Waals surface area contributed by atoms with Gasteiger partial charge in [-0.1, -0.05) is 19.1 Å². The number of anilines is 1. The summed E-state index contributed by atoms with van der Waals surface area (Å²) in [6.07, 6.45) is 2.46. The molecule has 3 heterocycles. The number of fused-ring (bicyclic) bond motifs is 2. The van der Waals surface area contributed by atoms with Crippen molar-refractivity contribution in [2.45, 2.75) is 25.6 Å². The first-order valence-electron chi connectivity index (χ1n) is 8.33. The fourth-order valence-electron chi connectivity index (χ4n) is 3.79. The molecule has 0 radical (unpaired) electrons. The predicted octanol–water partition coefficient (Wildman–Crippen LogP) is 2.39.